The minimum Gasteiger partial charge on any atom is -0.323 e. The molecule has 1 heterocycles. The van der Waals surface area contributed by atoms with Gasteiger partial charge in [-0.25, -0.2) is 0 Å². The van der Waals surface area contributed by atoms with Gasteiger partial charge in [-0.1, -0.05) is 25.4 Å². The minimum atomic E-state index is 0. The van der Waals surface area contributed by atoms with Crippen molar-refractivity contribution in [1.82, 2.24) is 0 Å². The molecule has 0 unspecified atom stereocenters. The summed E-state index contributed by atoms with van der Waals surface area (Å²) in [6.45, 7) is 4.42. The van der Waals surface area contributed by atoms with Gasteiger partial charge in [0.2, 0.25) is 0 Å². The molecule has 82 valence electrons. The molecular formula is C10H17Cl2NS. The minimum absolute atomic E-state index is 0. The van der Waals surface area contributed by atoms with Crippen LogP contribution in [0.3, 0.4) is 0 Å². The fourth-order valence-corrected chi connectivity index (χ4v) is 2.45. The average molecular weight is 254 g/mol. The van der Waals surface area contributed by atoms with Crippen molar-refractivity contribution in [1.29, 1.82) is 0 Å². The first kappa shape index (κ1) is 14.2. The van der Waals surface area contributed by atoms with Gasteiger partial charge in [-0.2, -0.15) is 0 Å². The lowest BCUT2D eigenvalue weighted by Crippen LogP contribution is -2.09. The Morgan fingerprint density at radius 3 is 2.50 bits per heavy atom. The Bertz CT molecular complexity index is 260. The fraction of sp³-hybridized carbons (Fsp3) is 0.600. The summed E-state index contributed by atoms with van der Waals surface area (Å²) in [7, 11) is 0. The van der Waals surface area contributed by atoms with Gasteiger partial charge in [-0.15, -0.1) is 23.7 Å². The highest BCUT2D eigenvalue weighted by atomic mass is 35.5. The molecule has 1 aromatic rings. The molecule has 2 N–H and O–H groups in total. The van der Waals surface area contributed by atoms with Crippen LogP contribution in [0.1, 0.15) is 37.6 Å². The van der Waals surface area contributed by atoms with Gasteiger partial charge in [-0.05, 0) is 30.2 Å². The standard InChI is InChI=1S/C10H16ClNS.ClH/c1-7(2)3-4-9(12)10-8(11)5-6-13-10;/h5-7,9H,3-4,12H2,1-2H3;1H/t9-;/m1./s1. The molecule has 1 atom stereocenters. The van der Waals surface area contributed by atoms with Gasteiger partial charge in [0.1, 0.15) is 0 Å². The Morgan fingerprint density at radius 1 is 1.43 bits per heavy atom. The van der Waals surface area contributed by atoms with Crippen molar-refractivity contribution in [3.63, 3.8) is 0 Å². The third-order valence-electron chi connectivity index (χ3n) is 2.04. The topological polar surface area (TPSA) is 26.0 Å². The number of nitrogens with two attached hydrogens (primary N) is 1. The summed E-state index contributed by atoms with van der Waals surface area (Å²) in [6, 6.07) is 2.03. The molecule has 1 aromatic heterocycles. The second-order valence-corrected chi connectivity index (χ2v) is 5.07. The third kappa shape index (κ3) is 4.18. The average Bonchev–Trinajstić information content (AvgIpc) is 2.47. The van der Waals surface area contributed by atoms with E-state index in [1.165, 1.54) is 0 Å². The summed E-state index contributed by atoms with van der Waals surface area (Å²) in [6.07, 6.45) is 2.19. The van der Waals surface area contributed by atoms with E-state index in [1.54, 1.807) is 11.3 Å². The highest BCUT2D eigenvalue weighted by Gasteiger charge is 2.11. The zero-order valence-electron chi connectivity index (χ0n) is 8.50. The number of hydrogen-bond acceptors (Lipinski definition) is 2. The molecule has 0 aliphatic rings. The predicted octanol–water partition coefficient (Wildman–Crippen LogP) is 4.26. The summed E-state index contributed by atoms with van der Waals surface area (Å²) in [5.74, 6) is 0.713. The maximum atomic E-state index is 6.01. The van der Waals surface area contributed by atoms with Crippen LogP contribution >= 0.6 is 35.3 Å². The molecule has 0 aliphatic heterocycles. The van der Waals surface area contributed by atoms with E-state index in [0.29, 0.717) is 5.92 Å². The van der Waals surface area contributed by atoms with Crippen LogP contribution in [-0.2, 0) is 0 Å². The van der Waals surface area contributed by atoms with Gasteiger partial charge in [-0.3, -0.25) is 0 Å². The lowest BCUT2D eigenvalue weighted by atomic mass is 10.0. The van der Waals surface area contributed by atoms with Gasteiger partial charge in [0.15, 0.2) is 0 Å². The fourth-order valence-electron chi connectivity index (χ4n) is 1.21. The molecule has 0 radical (unpaired) electrons. The molecule has 0 aromatic carbocycles. The first-order valence-corrected chi connectivity index (χ1v) is 5.85. The molecule has 0 spiro atoms. The maximum Gasteiger partial charge on any atom is 0.0561 e. The number of hydrogen-bond donors (Lipinski definition) is 1. The van der Waals surface area contributed by atoms with Crippen molar-refractivity contribution in [2.24, 2.45) is 11.7 Å². The van der Waals surface area contributed by atoms with E-state index in [-0.39, 0.29) is 18.4 Å². The van der Waals surface area contributed by atoms with Crippen molar-refractivity contribution in [2.45, 2.75) is 32.7 Å². The van der Waals surface area contributed by atoms with Gasteiger partial charge < -0.3 is 5.73 Å². The van der Waals surface area contributed by atoms with Crippen LogP contribution in [0, 0.1) is 5.92 Å². The monoisotopic (exact) mass is 253 g/mol. The van der Waals surface area contributed by atoms with Gasteiger partial charge in [0.25, 0.3) is 0 Å². The zero-order valence-corrected chi connectivity index (χ0v) is 10.9. The number of rotatable bonds is 4. The lowest BCUT2D eigenvalue weighted by molar-refractivity contribution is 0.511. The second-order valence-electron chi connectivity index (χ2n) is 3.71. The zero-order chi connectivity index (χ0) is 9.84. The van der Waals surface area contributed by atoms with E-state index < -0.39 is 0 Å². The largest absolute Gasteiger partial charge is 0.323 e. The molecule has 0 aliphatic carbocycles. The number of thiophene rings is 1. The van der Waals surface area contributed by atoms with Crippen molar-refractivity contribution in [3.8, 4) is 0 Å². The van der Waals surface area contributed by atoms with Gasteiger partial charge in [0, 0.05) is 10.9 Å². The van der Waals surface area contributed by atoms with Crippen LogP contribution in [0.4, 0.5) is 0 Å². The van der Waals surface area contributed by atoms with Crippen LogP contribution in [0.5, 0.6) is 0 Å². The van der Waals surface area contributed by atoms with Crippen molar-refractivity contribution >= 4 is 35.3 Å². The molecule has 0 amide bonds. The molecule has 0 saturated heterocycles. The molecule has 1 nitrogen and oxygen atoms in total. The summed E-state index contributed by atoms with van der Waals surface area (Å²) in [5.41, 5.74) is 6.01. The van der Waals surface area contributed by atoms with E-state index >= 15 is 0 Å². The van der Waals surface area contributed by atoms with E-state index in [2.05, 4.69) is 13.8 Å². The molecule has 0 saturated carbocycles. The third-order valence-corrected chi connectivity index (χ3v) is 3.53. The molecule has 0 fully saturated rings. The first-order valence-electron chi connectivity index (χ1n) is 4.59. The lowest BCUT2D eigenvalue weighted by Gasteiger charge is -2.11. The van der Waals surface area contributed by atoms with E-state index in [9.17, 15) is 0 Å². The Kier molecular flexibility index (Phi) is 6.79. The van der Waals surface area contributed by atoms with Gasteiger partial charge >= 0.3 is 0 Å². The SMILES string of the molecule is CC(C)CC[C@@H](N)c1sccc1Cl.Cl. The highest BCUT2D eigenvalue weighted by Crippen LogP contribution is 2.30. The van der Waals surface area contributed by atoms with E-state index in [4.69, 9.17) is 17.3 Å². The molecule has 14 heavy (non-hydrogen) atoms. The van der Waals surface area contributed by atoms with Crippen molar-refractivity contribution in [3.05, 3.63) is 21.3 Å². The summed E-state index contributed by atoms with van der Waals surface area (Å²) in [5, 5.41) is 2.81. The van der Waals surface area contributed by atoms with Gasteiger partial charge in [0.05, 0.1) is 5.02 Å². The van der Waals surface area contributed by atoms with E-state index in [1.807, 2.05) is 11.4 Å². The molecular weight excluding hydrogens is 237 g/mol. The molecule has 4 heteroatoms. The normalized spacial score (nSPS) is 12.6. The van der Waals surface area contributed by atoms with Crippen LogP contribution in [-0.4, -0.2) is 0 Å². The van der Waals surface area contributed by atoms with Crippen LogP contribution in [0.2, 0.25) is 5.02 Å². The predicted molar refractivity (Wildman–Crippen MR) is 67.6 cm³/mol. The second kappa shape index (κ2) is 6.67. The quantitative estimate of drug-likeness (QED) is 0.853. The summed E-state index contributed by atoms with van der Waals surface area (Å²) in [4.78, 5) is 1.13. The van der Waals surface area contributed by atoms with Crippen LogP contribution in [0.25, 0.3) is 0 Å². The maximum absolute atomic E-state index is 6.01. The van der Waals surface area contributed by atoms with Crippen molar-refractivity contribution < 1.29 is 0 Å². The molecule has 0 bridgehead atoms. The smallest absolute Gasteiger partial charge is 0.0561 e. The van der Waals surface area contributed by atoms with Crippen LogP contribution in [0.15, 0.2) is 11.4 Å². The Labute approximate surface area is 101 Å². The summed E-state index contributed by atoms with van der Waals surface area (Å²) < 4.78 is 0. The van der Waals surface area contributed by atoms with Crippen molar-refractivity contribution in [2.75, 3.05) is 0 Å². The number of halogens is 2. The highest BCUT2D eigenvalue weighted by molar-refractivity contribution is 7.10. The van der Waals surface area contributed by atoms with E-state index in [0.717, 1.165) is 22.7 Å². The Balaban J connectivity index is 0.00000169. The Hall–Kier alpha value is 0.240. The molecule has 1 rings (SSSR count). The van der Waals surface area contributed by atoms with Crippen LogP contribution < -0.4 is 5.73 Å². The Morgan fingerprint density at radius 2 is 2.07 bits per heavy atom. The summed E-state index contributed by atoms with van der Waals surface area (Å²) >= 11 is 7.63. The first-order chi connectivity index (χ1) is 6.11.